The molecule has 2 fully saturated rings. The van der Waals surface area contributed by atoms with Crippen molar-refractivity contribution in [1.82, 2.24) is 10.2 Å². The van der Waals surface area contributed by atoms with E-state index in [4.69, 9.17) is 14.2 Å². The molecule has 1 heterocycles. The van der Waals surface area contributed by atoms with Gasteiger partial charge in [0.1, 0.15) is 0 Å². The molecule has 174 valence electrons. The number of aliphatic hydroxyl groups is 1. The Bertz CT molecular complexity index is 730. The predicted molar refractivity (Wildman–Crippen MR) is 120 cm³/mol. The normalized spacial score (nSPS) is 26.1. The van der Waals surface area contributed by atoms with Crippen LogP contribution in [0.4, 0.5) is 0 Å². The fourth-order valence-electron chi connectivity index (χ4n) is 5.28. The molecule has 7 heteroatoms. The van der Waals surface area contributed by atoms with E-state index in [9.17, 15) is 9.90 Å². The summed E-state index contributed by atoms with van der Waals surface area (Å²) in [4.78, 5) is 14.9. The first-order valence-corrected chi connectivity index (χ1v) is 11.5. The van der Waals surface area contributed by atoms with Crippen LogP contribution in [0.3, 0.4) is 0 Å². The van der Waals surface area contributed by atoms with Gasteiger partial charge in [0.05, 0.1) is 33.5 Å². The van der Waals surface area contributed by atoms with Gasteiger partial charge in [-0.15, -0.1) is 0 Å². The van der Waals surface area contributed by atoms with Gasteiger partial charge in [-0.2, -0.15) is 0 Å². The first-order valence-electron chi connectivity index (χ1n) is 11.5. The molecule has 1 amide bonds. The Morgan fingerprint density at radius 2 is 1.87 bits per heavy atom. The second-order valence-electron chi connectivity index (χ2n) is 8.78. The molecule has 1 saturated carbocycles. The van der Waals surface area contributed by atoms with E-state index in [0.717, 1.165) is 44.1 Å². The summed E-state index contributed by atoms with van der Waals surface area (Å²) in [6.45, 7) is 3.81. The maximum Gasteiger partial charge on any atom is 0.234 e. The smallest absolute Gasteiger partial charge is 0.234 e. The first kappa shape index (κ1) is 23.7. The summed E-state index contributed by atoms with van der Waals surface area (Å²) < 4.78 is 16.7. The monoisotopic (exact) mass is 434 g/mol. The SMILES string of the molecule is CCCCNC(=O)CN1CCC2(O)CCCCC2[C@@H]1c1cc(OC)c(OC)c(OC)c1. The minimum atomic E-state index is -0.696. The van der Waals surface area contributed by atoms with E-state index in [0.29, 0.717) is 43.3 Å². The van der Waals surface area contributed by atoms with Crippen LogP contribution in [0.5, 0.6) is 17.2 Å². The Morgan fingerprint density at radius 1 is 1.16 bits per heavy atom. The highest BCUT2D eigenvalue weighted by atomic mass is 16.5. The van der Waals surface area contributed by atoms with Crippen LogP contribution < -0.4 is 19.5 Å². The number of likely N-dealkylation sites (tertiary alicyclic amines) is 1. The third-order valence-electron chi connectivity index (χ3n) is 6.90. The second-order valence-corrected chi connectivity index (χ2v) is 8.78. The maximum absolute atomic E-state index is 12.7. The van der Waals surface area contributed by atoms with E-state index < -0.39 is 5.60 Å². The average molecular weight is 435 g/mol. The van der Waals surface area contributed by atoms with Crippen LogP contribution in [0.1, 0.15) is 63.5 Å². The number of amides is 1. The molecule has 1 aromatic carbocycles. The first-order chi connectivity index (χ1) is 15.0. The van der Waals surface area contributed by atoms with Gasteiger partial charge in [-0.25, -0.2) is 0 Å². The number of rotatable bonds is 9. The highest BCUT2D eigenvalue weighted by Crippen LogP contribution is 2.51. The topological polar surface area (TPSA) is 80.3 Å². The van der Waals surface area contributed by atoms with E-state index in [1.165, 1.54) is 0 Å². The number of carbonyl (C=O) groups excluding carboxylic acids is 1. The minimum Gasteiger partial charge on any atom is -0.493 e. The molecule has 2 unspecified atom stereocenters. The van der Waals surface area contributed by atoms with Gasteiger partial charge >= 0.3 is 0 Å². The molecule has 1 aromatic rings. The Hall–Kier alpha value is -1.99. The van der Waals surface area contributed by atoms with Crippen LogP contribution in [-0.4, -0.2) is 62.5 Å². The second kappa shape index (κ2) is 10.6. The third kappa shape index (κ3) is 5.09. The molecular weight excluding hydrogens is 396 g/mol. The molecule has 2 N–H and O–H groups in total. The van der Waals surface area contributed by atoms with Crippen molar-refractivity contribution >= 4 is 5.91 Å². The molecule has 7 nitrogen and oxygen atoms in total. The quantitative estimate of drug-likeness (QED) is 0.581. The largest absolute Gasteiger partial charge is 0.493 e. The van der Waals surface area contributed by atoms with E-state index >= 15 is 0 Å². The number of carbonyl (C=O) groups is 1. The number of piperidine rings is 1. The number of hydrogen-bond donors (Lipinski definition) is 2. The van der Waals surface area contributed by atoms with E-state index in [1.807, 2.05) is 12.1 Å². The van der Waals surface area contributed by atoms with Crippen molar-refractivity contribution in [2.75, 3.05) is 41.0 Å². The van der Waals surface area contributed by atoms with Crippen molar-refractivity contribution < 1.29 is 24.1 Å². The number of benzene rings is 1. The summed E-state index contributed by atoms with van der Waals surface area (Å²) in [6, 6.07) is 3.84. The Labute approximate surface area is 186 Å². The van der Waals surface area contributed by atoms with Gasteiger partial charge in [0.25, 0.3) is 0 Å². The molecule has 0 radical (unpaired) electrons. The van der Waals surface area contributed by atoms with E-state index in [1.54, 1.807) is 21.3 Å². The van der Waals surface area contributed by atoms with Crippen molar-refractivity contribution in [3.8, 4) is 17.2 Å². The van der Waals surface area contributed by atoms with Crippen LogP contribution >= 0.6 is 0 Å². The summed E-state index contributed by atoms with van der Waals surface area (Å²) in [5, 5.41) is 14.5. The molecule has 1 aliphatic carbocycles. The van der Waals surface area contributed by atoms with Crippen LogP contribution in [0.2, 0.25) is 0 Å². The summed E-state index contributed by atoms with van der Waals surface area (Å²) >= 11 is 0. The minimum absolute atomic E-state index is 0.0344. The lowest BCUT2D eigenvalue weighted by Crippen LogP contribution is -2.56. The standard InChI is InChI=1S/C24H38N2O5/c1-5-6-12-25-21(27)16-26-13-11-24(28)10-8-7-9-18(24)22(26)17-14-19(29-2)23(31-4)20(15-17)30-3/h14-15,18,22,28H,5-13,16H2,1-4H3,(H,25,27)/t18?,22-,24?/m0/s1. The number of fused-ring (bicyclic) bond motifs is 1. The summed E-state index contributed by atoms with van der Waals surface area (Å²) in [5.41, 5.74) is 0.291. The van der Waals surface area contributed by atoms with Gasteiger partial charge in [-0.3, -0.25) is 9.69 Å². The van der Waals surface area contributed by atoms with Crippen LogP contribution in [0, 0.1) is 5.92 Å². The Balaban J connectivity index is 1.96. The number of unbranched alkanes of at least 4 members (excludes halogenated alkanes) is 1. The number of methoxy groups -OCH3 is 3. The number of nitrogens with one attached hydrogen (secondary N) is 1. The zero-order valence-corrected chi connectivity index (χ0v) is 19.4. The van der Waals surface area contributed by atoms with Crippen LogP contribution in [-0.2, 0) is 4.79 Å². The molecule has 1 saturated heterocycles. The zero-order valence-electron chi connectivity index (χ0n) is 19.4. The van der Waals surface area contributed by atoms with Crippen molar-refractivity contribution in [3.05, 3.63) is 17.7 Å². The molecule has 1 aliphatic heterocycles. The highest BCUT2D eigenvalue weighted by Gasteiger charge is 2.49. The molecule has 0 aromatic heterocycles. The van der Waals surface area contributed by atoms with Crippen LogP contribution in [0.15, 0.2) is 12.1 Å². The van der Waals surface area contributed by atoms with Gasteiger partial charge in [-0.05, 0) is 43.4 Å². The lowest BCUT2D eigenvalue weighted by Gasteiger charge is -2.52. The maximum atomic E-state index is 12.7. The highest BCUT2D eigenvalue weighted by molar-refractivity contribution is 5.78. The van der Waals surface area contributed by atoms with Gasteiger partial charge in [0.15, 0.2) is 11.5 Å². The van der Waals surface area contributed by atoms with Crippen molar-refractivity contribution in [2.45, 2.75) is 63.5 Å². The van der Waals surface area contributed by atoms with Crippen molar-refractivity contribution in [3.63, 3.8) is 0 Å². The van der Waals surface area contributed by atoms with Gasteiger partial charge in [0, 0.05) is 25.0 Å². The van der Waals surface area contributed by atoms with Gasteiger partial charge < -0.3 is 24.6 Å². The zero-order chi connectivity index (χ0) is 22.4. The summed E-state index contributed by atoms with van der Waals surface area (Å²) in [7, 11) is 4.81. The molecule has 0 bridgehead atoms. The van der Waals surface area contributed by atoms with Gasteiger partial charge in [0.2, 0.25) is 11.7 Å². The molecule has 3 atom stereocenters. The fraction of sp³-hybridized carbons (Fsp3) is 0.708. The van der Waals surface area contributed by atoms with Gasteiger partial charge in [-0.1, -0.05) is 26.2 Å². The average Bonchev–Trinajstić information content (AvgIpc) is 2.78. The summed E-state index contributed by atoms with van der Waals surface area (Å²) in [6.07, 6.45) is 6.61. The molecular formula is C24H38N2O5. The molecule has 2 aliphatic rings. The lowest BCUT2D eigenvalue weighted by atomic mass is 9.66. The lowest BCUT2D eigenvalue weighted by molar-refractivity contribution is -0.137. The Morgan fingerprint density at radius 3 is 2.48 bits per heavy atom. The van der Waals surface area contributed by atoms with Crippen LogP contribution in [0.25, 0.3) is 0 Å². The number of nitrogens with zero attached hydrogens (tertiary/aromatic N) is 1. The molecule has 3 rings (SSSR count). The Kier molecular flexibility index (Phi) is 8.06. The molecule has 31 heavy (non-hydrogen) atoms. The predicted octanol–water partition coefficient (Wildman–Crippen LogP) is 3.30. The van der Waals surface area contributed by atoms with Crippen molar-refractivity contribution in [2.24, 2.45) is 5.92 Å². The fourth-order valence-corrected chi connectivity index (χ4v) is 5.28. The third-order valence-corrected chi connectivity index (χ3v) is 6.90. The summed E-state index contributed by atoms with van der Waals surface area (Å²) in [5.74, 6) is 1.82. The molecule has 0 spiro atoms. The van der Waals surface area contributed by atoms with Crippen molar-refractivity contribution in [1.29, 1.82) is 0 Å². The van der Waals surface area contributed by atoms with E-state index in [-0.39, 0.29) is 17.9 Å². The van der Waals surface area contributed by atoms with E-state index in [2.05, 4.69) is 17.1 Å². The number of ether oxygens (including phenoxy) is 3. The number of hydrogen-bond acceptors (Lipinski definition) is 6.